The summed E-state index contributed by atoms with van der Waals surface area (Å²) in [5.74, 6) is 3.92. The van der Waals surface area contributed by atoms with Crippen LogP contribution in [0.3, 0.4) is 0 Å². The van der Waals surface area contributed by atoms with Gasteiger partial charge in [-0.15, -0.1) is 0 Å². The van der Waals surface area contributed by atoms with Crippen molar-refractivity contribution in [1.82, 2.24) is 0 Å². The number of aldehydes is 1. The van der Waals surface area contributed by atoms with Gasteiger partial charge in [-0.3, -0.25) is 0 Å². The molecule has 0 aliphatic heterocycles. The summed E-state index contributed by atoms with van der Waals surface area (Å²) in [6, 6.07) is 0.275. The Kier molecular flexibility index (Phi) is 7.76. The molecule has 0 heterocycles. The Labute approximate surface area is 186 Å². The van der Waals surface area contributed by atoms with Gasteiger partial charge in [0, 0.05) is 12.5 Å². The lowest BCUT2D eigenvalue weighted by molar-refractivity contribution is -0.108. The van der Waals surface area contributed by atoms with Gasteiger partial charge in [-0.1, -0.05) is 41.0 Å². The Hall–Kier alpha value is -0.410. The molecule has 0 bridgehead atoms. The number of hydrogen-bond donors (Lipinski definition) is 2. The quantitative estimate of drug-likeness (QED) is 0.476. The van der Waals surface area contributed by atoms with Crippen molar-refractivity contribution in [3.8, 4) is 0 Å². The molecule has 3 aliphatic rings. The number of fused-ring (bicyclic) bond motifs is 1. The molecule has 3 saturated carbocycles. The van der Waals surface area contributed by atoms with E-state index in [9.17, 15) is 9.90 Å². The summed E-state index contributed by atoms with van der Waals surface area (Å²) in [6.45, 7) is 12.1. The summed E-state index contributed by atoms with van der Waals surface area (Å²) in [6.07, 6.45) is 13.4. The SMILES string of the molecule is CC[C@H](C)[C@H](N)C1C(C2(C)CCC(O)CC2)CC[C@@]2(C)C1CC[C@@H]2[C@H](C)CCC=O. The number of carbonyl (C=O) groups excluding carboxylic acids is 1. The first-order valence-corrected chi connectivity index (χ1v) is 13.0. The normalized spacial score (nSPS) is 44.8. The third-order valence-corrected chi connectivity index (χ3v) is 10.6. The number of aliphatic hydroxyl groups is 1. The standard InChI is InChI=1S/C27H49NO2/c1-6-18(2)25(28)24-22(26(4)14-11-20(30)12-15-26)13-16-27(5)21(9-10-23(24)27)19(3)8-7-17-29/h17-25,30H,6-16,28H2,1-5H3/t18-,19+,20?,21+,22?,23?,24?,25-,26?,27+/m0/s1. The van der Waals surface area contributed by atoms with Crippen molar-refractivity contribution in [2.24, 2.45) is 52.1 Å². The third-order valence-electron chi connectivity index (χ3n) is 10.6. The Balaban J connectivity index is 1.89. The van der Waals surface area contributed by atoms with E-state index < -0.39 is 0 Å². The van der Waals surface area contributed by atoms with Crippen molar-refractivity contribution in [2.45, 2.75) is 117 Å². The molecule has 0 saturated heterocycles. The fraction of sp³-hybridized carbons (Fsp3) is 0.963. The molecule has 0 amide bonds. The minimum Gasteiger partial charge on any atom is -0.393 e. The first-order valence-electron chi connectivity index (χ1n) is 13.0. The molecule has 3 aliphatic carbocycles. The van der Waals surface area contributed by atoms with Gasteiger partial charge in [-0.25, -0.2) is 0 Å². The van der Waals surface area contributed by atoms with Crippen LogP contribution < -0.4 is 5.73 Å². The third kappa shape index (κ3) is 4.40. The van der Waals surface area contributed by atoms with Crippen molar-refractivity contribution in [3.05, 3.63) is 0 Å². The van der Waals surface area contributed by atoms with E-state index in [2.05, 4.69) is 34.6 Å². The van der Waals surface area contributed by atoms with Gasteiger partial charge in [0.15, 0.2) is 0 Å². The predicted molar refractivity (Wildman–Crippen MR) is 125 cm³/mol. The highest BCUT2D eigenvalue weighted by Gasteiger charge is 2.59. The van der Waals surface area contributed by atoms with E-state index in [1.54, 1.807) is 0 Å². The molecule has 3 rings (SSSR count). The van der Waals surface area contributed by atoms with Crippen molar-refractivity contribution in [2.75, 3.05) is 0 Å². The summed E-state index contributed by atoms with van der Waals surface area (Å²) < 4.78 is 0. The van der Waals surface area contributed by atoms with Crippen LogP contribution in [0, 0.1) is 46.3 Å². The highest BCUT2D eigenvalue weighted by atomic mass is 16.3. The molecule has 0 aromatic heterocycles. The van der Waals surface area contributed by atoms with Gasteiger partial charge in [0.05, 0.1) is 6.10 Å². The summed E-state index contributed by atoms with van der Waals surface area (Å²) >= 11 is 0. The molecule has 3 nitrogen and oxygen atoms in total. The Morgan fingerprint density at radius 1 is 1.03 bits per heavy atom. The van der Waals surface area contributed by atoms with Gasteiger partial charge in [-0.2, -0.15) is 0 Å². The monoisotopic (exact) mass is 419 g/mol. The second kappa shape index (κ2) is 9.61. The molecule has 8 atom stereocenters. The van der Waals surface area contributed by atoms with Crippen LogP contribution in [0.1, 0.15) is 105 Å². The van der Waals surface area contributed by atoms with Gasteiger partial charge < -0.3 is 15.6 Å². The Morgan fingerprint density at radius 2 is 1.70 bits per heavy atom. The first kappa shape index (κ1) is 24.2. The van der Waals surface area contributed by atoms with E-state index in [1.165, 1.54) is 25.7 Å². The number of aliphatic hydroxyl groups excluding tert-OH is 1. The predicted octanol–water partition coefficient (Wildman–Crippen LogP) is 5.97. The molecular formula is C27H49NO2. The van der Waals surface area contributed by atoms with Crippen LogP contribution in [0.4, 0.5) is 0 Å². The van der Waals surface area contributed by atoms with Crippen LogP contribution in [-0.4, -0.2) is 23.5 Å². The van der Waals surface area contributed by atoms with E-state index in [1.807, 2.05) is 0 Å². The Morgan fingerprint density at radius 3 is 2.30 bits per heavy atom. The molecular weight excluding hydrogens is 370 g/mol. The van der Waals surface area contributed by atoms with E-state index in [0.29, 0.717) is 46.8 Å². The highest BCUT2D eigenvalue weighted by molar-refractivity contribution is 5.49. The van der Waals surface area contributed by atoms with Crippen LogP contribution in [-0.2, 0) is 4.79 Å². The minimum atomic E-state index is -0.0943. The molecule has 0 aromatic rings. The van der Waals surface area contributed by atoms with E-state index in [4.69, 9.17) is 5.73 Å². The lowest BCUT2D eigenvalue weighted by atomic mass is 9.48. The molecule has 174 valence electrons. The zero-order valence-corrected chi connectivity index (χ0v) is 20.4. The largest absolute Gasteiger partial charge is 0.393 e. The molecule has 3 N–H and O–H groups in total. The molecule has 3 heteroatoms. The number of rotatable bonds is 8. The second-order valence-electron chi connectivity index (χ2n) is 12.1. The number of carbonyl (C=O) groups is 1. The molecule has 0 aromatic carbocycles. The zero-order valence-electron chi connectivity index (χ0n) is 20.4. The van der Waals surface area contributed by atoms with Gasteiger partial charge in [0.1, 0.15) is 6.29 Å². The van der Waals surface area contributed by atoms with Gasteiger partial charge in [-0.05, 0) is 104 Å². The summed E-state index contributed by atoms with van der Waals surface area (Å²) in [5, 5.41) is 10.1. The Bertz CT molecular complexity index is 569. The molecule has 3 unspecified atom stereocenters. The van der Waals surface area contributed by atoms with Crippen LogP contribution in [0.5, 0.6) is 0 Å². The fourth-order valence-electron chi connectivity index (χ4n) is 8.34. The minimum absolute atomic E-state index is 0.0943. The lowest BCUT2D eigenvalue weighted by Crippen LogP contribution is -2.55. The summed E-state index contributed by atoms with van der Waals surface area (Å²) in [5.41, 5.74) is 7.81. The van der Waals surface area contributed by atoms with Crippen molar-refractivity contribution < 1.29 is 9.90 Å². The molecule has 0 radical (unpaired) electrons. The number of nitrogens with two attached hydrogens (primary N) is 1. The van der Waals surface area contributed by atoms with Crippen molar-refractivity contribution in [3.63, 3.8) is 0 Å². The summed E-state index contributed by atoms with van der Waals surface area (Å²) in [4.78, 5) is 11.0. The van der Waals surface area contributed by atoms with Gasteiger partial charge in [0.2, 0.25) is 0 Å². The van der Waals surface area contributed by atoms with Crippen LogP contribution in [0.2, 0.25) is 0 Å². The maximum Gasteiger partial charge on any atom is 0.120 e. The molecule has 0 spiro atoms. The lowest BCUT2D eigenvalue weighted by Gasteiger charge is -2.57. The van der Waals surface area contributed by atoms with Gasteiger partial charge >= 0.3 is 0 Å². The van der Waals surface area contributed by atoms with E-state index >= 15 is 0 Å². The maximum absolute atomic E-state index is 11.0. The first-order chi connectivity index (χ1) is 14.2. The maximum atomic E-state index is 11.0. The zero-order chi connectivity index (χ0) is 22.1. The van der Waals surface area contributed by atoms with E-state index in [-0.39, 0.29) is 12.1 Å². The second-order valence-corrected chi connectivity index (χ2v) is 12.1. The molecule has 30 heavy (non-hydrogen) atoms. The fourth-order valence-corrected chi connectivity index (χ4v) is 8.34. The average Bonchev–Trinajstić information content (AvgIpc) is 3.09. The molecule has 3 fully saturated rings. The topological polar surface area (TPSA) is 63.3 Å². The van der Waals surface area contributed by atoms with Crippen LogP contribution in [0.15, 0.2) is 0 Å². The van der Waals surface area contributed by atoms with Gasteiger partial charge in [0.25, 0.3) is 0 Å². The highest BCUT2D eigenvalue weighted by Crippen LogP contribution is 2.65. The number of hydrogen-bond acceptors (Lipinski definition) is 3. The summed E-state index contributed by atoms with van der Waals surface area (Å²) in [7, 11) is 0. The van der Waals surface area contributed by atoms with Crippen LogP contribution in [0.25, 0.3) is 0 Å². The van der Waals surface area contributed by atoms with E-state index in [0.717, 1.165) is 50.7 Å². The smallest absolute Gasteiger partial charge is 0.120 e. The van der Waals surface area contributed by atoms with Crippen molar-refractivity contribution >= 4 is 6.29 Å². The van der Waals surface area contributed by atoms with Crippen molar-refractivity contribution in [1.29, 1.82) is 0 Å². The average molecular weight is 420 g/mol. The van der Waals surface area contributed by atoms with Crippen LogP contribution >= 0.6 is 0 Å².